The van der Waals surface area contributed by atoms with Crippen LogP contribution in [0.5, 0.6) is 5.75 Å². The van der Waals surface area contributed by atoms with E-state index in [1.807, 2.05) is 6.07 Å². The van der Waals surface area contributed by atoms with Gasteiger partial charge in [-0.2, -0.15) is 0 Å². The van der Waals surface area contributed by atoms with E-state index >= 15 is 0 Å². The van der Waals surface area contributed by atoms with Crippen molar-refractivity contribution < 1.29 is 9.13 Å². The smallest absolute Gasteiger partial charge is 0.180 e. The molecule has 0 bridgehead atoms. The number of ether oxygens (including phenoxy) is 1. The van der Waals surface area contributed by atoms with Gasteiger partial charge in [0.1, 0.15) is 18.2 Å². The van der Waals surface area contributed by atoms with Crippen molar-refractivity contribution in [1.82, 2.24) is 25.6 Å². The van der Waals surface area contributed by atoms with Crippen LogP contribution in [-0.4, -0.2) is 25.6 Å². The molecule has 6 nitrogen and oxygen atoms in total. The van der Waals surface area contributed by atoms with E-state index in [0.717, 1.165) is 5.56 Å². The molecule has 1 N–H and O–H groups in total. The summed E-state index contributed by atoms with van der Waals surface area (Å²) in [6.07, 6.45) is 1.63. The van der Waals surface area contributed by atoms with E-state index in [-0.39, 0.29) is 11.6 Å². The number of nitrogens with zero attached hydrogens (tertiary/aromatic N) is 4. The van der Waals surface area contributed by atoms with Crippen LogP contribution in [-0.2, 0) is 6.61 Å². The van der Waals surface area contributed by atoms with E-state index < -0.39 is 5.82 Å². The average Bonchev–Trinajstić information content (AvgIpc) is 3.01. The molecule has 0 aliphatic rings. The first kappa shape index (κ1) is 13.4. The lowest BCUT2D eigenvalue weighted by Crippen LogP contribution is -1.99. The Kier molecular flexibility index (Phi) is 3.74. The summed E-state index contributed by atoms with van der Waals surface area (Å²) in [5.74, 6) is 0.537. The highest BCUT2D eigenvalue weighted by molar-refractivity contribution is 6.32. The molecule has 0 aliphatic carbocycles. The van der Waals surface area contributed by atoms with E-state index in [1.165, 1.54) is 18.2 Å². The maximum atomic E-state index is 12.9. The molecule has 2 aromatic heterocycles. The van der Waals surface area contributed by atoms with Gasteiger partial charge in [0.15, 0.2) is 5.82 Å². The number of halogens is 2. The minimum absolute atomic E-state index is 0.222. The summed E-state index contributed by atoms with van der Waals surface area (Å²) in [6, 6.07) is 7.57. The number of rotatable bonds is 4. The molecule has 2 heterocycles. The van der Waals surface area contributed by atoms with Gasteiger partial charge in [-0.15, -0.1) is 5.10 Å². The van der Waals surface area contributed by atoms with Crippen molar-refractivity contribution in [3.63, 3.8) is 0 Å². The lowest BCUT2D eigenvalue weighted by molar-refractivity contribution is 0.301. The van der Waals surface area contributed by atoms with Crippen molar-refractivity contribution in [3.8, 4) is 17.1 Å². The Hall–Kier alpha value is -2.54. The molecule has 0 aliphatic heterocycles. The topological polar surface area (TPSA) is 76.6 Å². The van der Waals surface area contributed by atoms with Crippen molar-refractivity contribution in [1.29, 1.82) is 0 Å². The van der Waals surface area contributed by atoms with Crippen LogP contribution in [0.1, 0.15) is 5.69 Å². The van der Waals surface area contributed by atoms with Crippen LogP contribution in [0.3, 0.4) is 0 Å². The number of hydrogen-bond donors (Lipinski definition) is 1. The van der Waals surface area contributed by atoms with Crippen LogP contribution >= 0.6 is 11.6 Å². The van der Waals surface area contributed by atoms with E-state index in [9.17, 15) is 4.39 Å². The van der Waals surface area contributed by atoms with E-state index in [2.05, 4.69) is 25.6 Å². The van der Waals surface area contributed by atoms with Crippen LogP contribution in [0.2, 0.25) is 5.02 Å². The molecular formula is C13H9ClFN5O. The monoisotopic (exact) mass is 305 g/mol. The van der Waals surface area contributed by atoms with Crippen LogP contribution in [0.4, 0.5) is 4.39 Å². The third-order valence-electron chi connectivity index (χ3n) is 2.71. The van der Waals surface area contributed by atoms with Gasteiger partial charge in [0.2, 0.25) is 0 Å². The molecule has 0 fully saturated rings. The normalized spacial score (nSPS) is 10.6. The van der Waals surface area contributed by atoms with Crippen LogP contribution < -0.4 is 4.74 Å². The third-order valence-corrected chi connectivity index (χ3v) is 3.01. The molecule has 0 unspecified atom stereocenters. The van der Waals surface area contributed by atoms with Crippen LogP contribution in [0.25, 0.3) is 11.4 Å². The highest BCUT2D eigenvalue weighted by Gasteiger charge is 2.06. The highest BCUT2D eigenvalue weighted by atomic mass is 35.5. The molecule has 8 heteroatoms. The van der Waals surface area contributed by atoms with Crippen molar-refractivity contribution in [3.05, 3.63) is 53.1 Å². The number of H-pyrrole nitrogens is 1. The van der Waals surface area contributed by atoms with Gasteiger partial charge >= 0.3 is 0 Å². The molecule has 0 saturated carbocycles. The Morgan fingerprint density at radius 1 is 1.24 bits per heavy atom. The Balaban J connectivity index is 1.68. The number of benzene rings is 1. The summed E-state index contributed by atoms with van der Waals surface area (Å²) >= 11 is 5.88. The molecule has 21 heavy (non-hydrogen) atoms. The lowest BCUT2D eigenvalue weighted by Gasteiger charge is -2.07. The molecule has 0 saturated heterocycles. The minimum Gasteiger partial charge on any atom is -0.486 e. The first-order valence-electron chi connectivity index (χ1n) is 5.99. The number of pyridine rings is 1. The maximum Gasteiger partial charge on any atom is 0.180 e. The summed E-state index contributed by atoms with van der Waals surface area (Å²) in [4.78, 5) is 4.24. The third kappa shape index (κ3) is 3.14. The van der Waals surface area contributed by atoms with E-state index in [0.29, 0.717) is 17.3 Å². The zero-order valence-electron chi connectivity index (χ0n) is 10.6. The van der Waals surface area contributed by atoms with Gasteiger partial charge < -0.3 is 4.74 Å². The average molecular weight is 306 g/mol. The molecular weight excluding hydrogens is 297 g/mol. The standard InChI is InChI=1S/C13H9ClFN5O/c14-11-5-9(15)2-4-12(11)21-7-10-3-1-8(6-16-10)13-17-19-20-18-13/h1-6H,7H2,(H,17,18,19,20). The number of aromatic amines is 1. The fourth-order valence-corrected chi connectivity index (χ4v) is 1.90. The zero-order valence-corrected chi connectivity index (χ0v) is 11.4. The molecule has 3 aromatic rings. The number of nitrogens with one attached hydrogen (secondary N) is 1. The molecule has 0 amide bonds. The Morgan fingerprint density at radius 3 is 2.81 bits per heavy atom. The summed E-state index contributed by atoms with van der Waals surface area (Å²) < 4.78 is 18.4. The Morgan fingerprint density at radius 2 is 2.14 bits per heavy atom. The van der Waals surface area contributed by atoms with E-state index in [4.69, 9.17) is 16.3 Å². The van der Waals surface area contributed by atoms with Crippen LogP contribution in [0.15, 0.2) is 36.5 Å². The fourth-order valence-electron chi connectivity index (χ4n) is 1.68. The molecule has 106 valence electrons. The van der Waals surface area contributed by atoms with Gasteiger partial charge in [-0.05, 0) is 40.8 Å². The summed E-state index contributed by atoms with van der Waals surface area (Å²) in [5.41, 5.74) is 1.47. The van der Waals surface area contributed by atoms with Gasteiger partial charge in [0, 0.05) is 11.8 Å². The van der Waals surface area contributed by atoms with Gasteiger partial charge in [-0.3, -0.25) is 4.98 Å². The summed E-state index contributed by atoms with van der Waals surface area (Å²) in [5, 5.41) is 13.6. The van der Waals surface area contributed by atoms with Gasteiger partial charge in [0.05, 0.1) is 10.7 Å². The number of aromatic nitrogens is 5. The predicted molar refractivity (Wildman–Crippen MR) is 73.2 cm³/mol. The number of tetrazole rings is 1. The second kappa shape index (κ2) is 5.84. The second-order valence-corrected chi connectivity index (χ2v) is 4.56. The molecule has 0 radical (unpaired) electrons. The maximum absolute atomic E-state index is 12.9. The summed E-state index contributed by atoms with van der Waals surface area (Å²) in [7, 11) is 0. The largest absolute Gasteiger partial charge is 0.486 e. The fraction of sp³-hybridized carbons (Fsp3) is 0.0769. The second-order valence-electron chi connectivity index (χ2n) is 4.15. The minimum atomic E-state index is -0.407. The Bertz CT molecular complexity index is 733. The highest BCUT2D eigenvalue weighted by Crippen LogP contribution is 2.25. The first-order valence-corrected chi connectivity index (χ1v) is 6.37. The summed E-state index contributed by atoms with van der Waals surface area (Å²) in [6.45, 7) is 0.223. The van der Waals surface area contributed by atoms with Gasteiger partial charge in [-0.1, -0.05) is 11.6 Å². The quantitative estimate of drug-likeness (QED) is 0.802. The van der Waals surface area contributed by atoms with Crippen molar-refractivity contribution in [2.45, 2.75) is 6.61 Å². The first-order chi connectivity index (χ1) is 10.2. The van der Waals surface area contributed by atoms with Crippen molar-refractivity contribution in [2.24, 2.45) is 0 Å². The predicted octanol–water partition coefficient (Wildman–Crippen LogP) is 2.63. The van der Waals surface area contributed by atoms with Crippen molar-refractivity contribution in [2.75, 3.05) is 0 Å². The molecule has 0 atom stereocenters. The van der Waals surface area contributed by atoms with Gasteiger partial charge in [-0.25, -0.2) is 9.49 Å². The lowest BCUT2D eigenvalue weighted by atomic mass is 10.2. The molecule has 1 aromatic carbocycles. The number of hydrogen-bond acceptors (Lipinski definition) is 5. The Labute approximate surface area is 123 Å². The van der Waals surface area contributed by atoms with Crippen molar-refractivity contribution >= 4 is 11.6 Å². The zero-order chi connectivity index (χ0) is 14.7. The van der Waals surface area contributed by atoms with Crippen LogP contribution in [0, 0.1) is 5.82 Å². The van der Waals surface area contributed by atoms with E-state index in [1.54, 1.807) is 12.3 Å². The molecule has 0 spiro atoms. The SMILES string of the molecule is Fc1ccc(OCc2ccc(-c3nnn[nH]3)cn2)c(Cl)c1. The van der Waals surface area contributed by atoms with Gasteiger partial charge in [0.25, 0.3) is 0 Å². The molecule has 3 rings (SSSR count).